The van der Waals surface area contributed by atoms with Crippen LogP contribution in [0.25, 0.3) is 0 Å². The molecule has 0 bridgehead atoms. The normalized spacial score (nSPS) is 12.0. The van der Waals surface area contributed by atoms with Crippen LogP contribution in [-0.4, -0.2) is 18.2 Å². The van der Waals surface area contributed by atoms with Crippen LogP contribution in [-0.2, 0) is 11.0 Å². The molecule has 0 saturated carbocycles. The van der Waals surface area contributed by atoms with Crippen LogP contribution in [0.1, 0.15) is 18.1 Å². The maximum absolute atomic E-state index is 12.6. The van der Waals surface area contributed by atoms with Crippen LogP contribution in [0, 0.1) is 0 Å². The Balaban J connectivity index is 1.93. The number of halogens is 5. The Morgan fingerprint density at radius 2 is 1.85 bits per heavy atom. The lowest BCUT2D eigenvalue weighted by Crippen LogP contribution is -2.26. The second-order valence-electron chi connectivity index (χ2n) is 5.29. The number of nitrogens with one attached hydrogen (secondary N) is 2. The smallest absolute Gasteiger partial charge is 0.376 e. The molecular formula is C17H14Cl2F3N3O. The van der Waals surface area contributed by atoms with Crippen molar-refractivity contribution < 1.29 is 18.0 Å². The van der Waals surface area contributed by atoms with Crippen LogP contribution in [0.5, 0.6) is 0 Å². The summed E-state index contributed by atoms with van der Waals surface area (Å²) in [6, 6.07) is 9.49. The highest BCUT2D eigenvalue weighted by atomic mass is 35.5. The fourth-order valence-corrected chi connectivity index (χ4v) is 2.26. The summed E-state index contributed by atoms with van der Waals surface area (Å²) in [6.45, 7) is 1.43. The fourth-order valence-electron chi connectivity index (χ4n) is 1.96. The third kappa shape index (κ3) is 5.64. The molecular weight excluding hydrogens is 390 g/mol. The summed E-state index contributed by atoms with van der Waals surface area (Å²) in [5.74, 6) is -0.512. The van der Waals surface area contributed by atoms with Crippen LogP contribution < -0.4 is 10.7 Å². The predicted molar refractivity (Wildman–Crippen MR) is 96.7 cm³/mol. The number of nitrogens with zero attached hydrogens (tertiary/aromatic N) is 1. The van der Waals surface area contributed by atoms with E-state index in [1.54, 1.807) is 25.1 Å². The Morgan fingerprint density at radius 1 is 1.12 bits per heavy atom. The number of hydrogen-bond donors (Lipinski definition) is 2. The summed E-state index contributed by atoms with van der Waals surface area (Å²) in [5, 5.41) is 7.30. The number of hydrogen-bond acceptors (Lipinski definition) is 3. The standard InChI is InChI=1S/C17H14Cl2F3N3O/c1-10(11-5-6-14(18)15(19)7-11)24-25-16(26)9-23-13-4-2-3-12(8-13)17(20,21)22/h2-8,23H,9H2,1H3,(H,25,26)/b24-10-. The summed E-state index contributed by atoms with van der Waals surface area (Å²) in [7, 11) is 0. The minimum Gasteiger partial charge on any atom is -0.376 e. The Morgan fingerprint density at radius 3 is 2.50 bits per heavy atom. The molecule has 0 aliphatic carbocycles. The topological polar surface area (TPSA) is 53.5 Å². The molecule has 0 atom stereocenters. The first-order valence-electron chi connectivity index (χ1n) is 7.36. The van der Waals surface area contributed by atoms with Crippen molar-refractivity contribution in [3.63, 3.8) is 0 Å². The monoisotopic (exact) mass is 403 g/mol. The molecule has 0 heterocycles. The summed E-state index contributed by atoms with van der Waals surface area (Å²) in [5.41, 5.74) is 2.87. The van der Waals surface area contributed by atoms with E-state index in [4.69, 9.17) is 23.2 Å². The quantitative estimate of drug-likeness (QED) is 0.547. The Bertz CT molecular complexity index is 838. The molecule has 0 fully saturated rings. The van der Waals surface area contributed by atoms with Gasteiger partial charge in [0.25, 0.3) is 5.91 Å². The van der Waals surface area contributed by atoms with E-state index in [1.165, 1.54) is 12.1 Å². The average Bonchev–Trinajstić information content (AvgIpc) is 2.59. The number of amides is 1. The molecule has 2 aromatic carbocycles. The van der Waals surface area contributed by atoms with Gasteiger partial charge >= 0.3 is 6.18 Å². The van der Waals surface area contributed by atoms with E-state index in [0.717, 1.165) is 12.1 Å². The van der Waals surface area contributed by atoms with E-state index in [2.05, 4.69) is 15.8 Å². The molecule has 2 N–H and O–H groups in total. The third-order valence-electron chi connectivity index (χ3n) is 3.33. The zero-order valence-electron chi connectivity index (χ0n) is 13.5. The zero-order valence-corrected chi connectivity index (χ0v) is 15.0. The van der Waals surface area contributed by atoms with Gasteiger partial charge < -0.3 is 5.32 Å². The fraction of sp³-hybridized carbons (Fsp3) is 0.176. The molecule has 0 aromatic heterocycles. The number of rotatable bonds is 5. The van der Waals surface area contributed by atoms with Crippen molar-refractivity contribution >= 4 is 40.5 Å². The number of benzene rings is 2. The van der Waals surface area contributed by atoms with Crippen molar-refractivity contribution in [3.8, 4) is 0 Å². The molecule has 0 aliphatic rings. The minimum absolute atomic E-state index is 0.181. The van der Waals surface area contributed by atoms with Crippen LogP contribution in [0.2, 0.25) is 10.0 Å². The van der Waals surface area contributed by atoms with Gasteiger partial charge in [0.2, 0.25) is 0 Å². The number of carbonyl (C=O) groups excluding carboxylic acids is 1. The highest BCUT2D eigenvalue weighted by Gasteiger charge is 2.30. The van der Waals surface area contributed by atoms with Gasteiger partial charge in [-0.15, -0.1) is 0 Å². The molecule has 0 saturated heterocycles. The van der Waals surface area contributed by atoms with Crippen molar-refractivity contribution in [3.05, 3.63) is 63.6 Å². The highest BCUT2D eigenvalue weighted by Crippen LogP contribution is 2.30. The zero-order chi connectivity index (χ0) is 19.3. The molecule has 2 aromatic rings. The van der Waals surface area contributed by atoms with E-state index in [9.17, 15) is 18.0 Å². The Kier molecular flexibility index (Phi) is 6.50. The molecule has 0 unspecified atom stereocenters. The molecule has 4 nitrogen and oxygen atoms in total. The van der Waals surface area contributed by atoms with E-state index in [0.29, 0.717) is 21.3 Å². The maximum atomic E-state index is 12.6. The predicted octanol–water partition coefficient (Wildman–Crippen LogP) is 4.96. The molecule has 26 heavy (non-hydrogen) atoms. The van der Waals surface area contributed by atoms with E-state index >= 15 is 0 Å². The molecule has 9 heteroatoms. The molecule has 1 amide bonds. The summed E-state index contributed by atoms with van der Waals surface area (Å²) >= 11 is 11.7. The van der Waals surface area contributed by atoms with Gasteiger partial charge in [0.05, 0.1) is 27.9 Å². The van der Waals surface area contributed by atoms with Crippen LogP contribution in [0.4, 0.5) is 18.9 Å². The molecule has 0 radical (unpaired) electrons. The molecule has 138 valence electrons. The summed E-state index contributed by atoms with van der Waals surface area (Å²) < 4.78 is 37.9. The maximum Gasteiger partial charge on any atom is 0.416 e. The lowest BCUT2D eigenvalue weighted by atomic mass is 10.1. The van der Waals surface area contributed by atoms with Crippen LogP contribution in [0.3, 0.4) is 0 Å². The SMILES string of the molecule is C/C(=N/NC(=O)CNc1cccc(C(F)(F)F)c1)c1ccc(Cl)c(Cl)c1. The largest absolute Gasteiger partial charge is 0.416 e. The van der Waals surface area contributed by atoms with Crippen molar-refractivity contribution in [2.75, 3.05) is 11.9 Å². The first-order valence-corrected chi connectivity index (χ1v) is 8.12. The van der Waals surface area contributed by atoms with Crippen molar-refractivity contribution in [1.29, 1.82) is 0 Å². The van der Waals surface area contributed by atoms with Crippen molar-refractivity contribution in [2.45, 2.75) is 13.1 Å². The number of hydrazone groups is 1. The van der Waals surface area contributed by atoms with Gasteiger partial charge in [0.15, 0.2) is 0 Å². The lowest BCUT2D eigenvalue weighted by Gasteiger charge is -2.10. The van der Waals surface area contributed by atoms with Crippen molar-refractivity contribution in [1.82, 2.24) is 5.43 Å². The van der Waals surface area contributed by atoms with Gasteiger partial charge in [-0.2, -0.15) is 18.3 Å². The Labute approximate surface area is 158 Å². The van der Waals surface area contributed by atoms with Crippen molar-refractivity contribution in [2.24, 2.45) is 5.10 Å². The summed E-state index contributed by atoms with van der Waals surface area (Å²) in [6.07, 6.45) is -4.44. The third-order valence-corrected chi connectivity index (χ3v) is 4.07. The van der Waals surface area contributed by atoms with E-state index in [1.807, 2.05) is 0 Å². The number of anilines is 1. The molecule has 2 rings (SSSR count). The van der Waals surface area contributed by atoms with Gasteiger partial charge in [0, 0.05) is 5.69 Å². The lowest BCUT2D eigenvalue weighted by molar-refractivity contribution is -0.137. The van der Waals surface area contributed by atoms with Gasteiger partial charge in [-0.25, -0.2) is 5.43 Å². The highest BCUT2D eigenvalue weighted by molar-refractivity contribution is 6.42. The van der Waals surface area contributed by atoms with E-state index < -0.39 is 17.6 Å². The molecule has 0 spiro atoms. The number of alkyl halides is 3. The second-order valence-corrected chi connectivity index (χ2v) is 6.11. The first-order chi connectivity index (χ1) is 12.2. The van der Waals surface area contributed by atoms with Gasteiger partial charge in [-0.3, -0.25) is 4.79 Å². The van der Waals surface area contributed by atoms with Gasteiger partial charge in [-0.05, 0) is 42.8 Å². The molecule has 0 aliphatic heterocycles. The first kappa shape index (κ1) is 20.1. The van der Waals surface area contributed by atoms with Gasteiger partial charge in [-0.1, -0.05) is 35.3 Å². The minimum atomic E-state index is -4.44. The Hall–Kier alpha value is -2.25. The average molecular weight is 404 g/mol. The van der Waals surface area contributed by atoms with Gasteiger partial charge in [0.1, 0.15) is 0 Å². The van der Waals surface area contributed by atoms with E-state index in [-0.39, 0.29) is 12.2 Å². The van der Waals surface area contributed by atoms with Crippen LogP contribution in [0.15, 0.2) is 47.6 Å². The number of carbonyl (C=O) groups is 1. The summed E-state index contributed by atoms with van der Waals surface area (Å²) in [4.78, 5) is 11.8. The van der Waals surface area contributed by atoms with Crippen LogP contribution >= 0.6 is 23.2 Å². The second kappa shape index (κ2) is 8.42.